The summed E-state index contributed by atoms with van der Waals surface area (Å²) in [7, 11) is -3.17. The minimum absolute atomic E-state index is 0.160. The molecule has 1 aromatic carbocycles. The van der Waals surface area contributed by atoms with Gasteiger partial charge in [0.25, 0.3) is 0 Å². The van der Waals surface area contributed by atoms with E-state index in [0.717, 1.165) is 5.56 Å². The van der Waals surface area contributed by atoms with Crippen molar-refractivity contribution in [2.24, 2.45) is 0 Å². The third kappa shape index (κ3) is 3.16. The van der Waals surface area contributed by atoms with Crippen LogP contribution in [0.2, 0.25) is 0 Å². The van der Waals surface area contributed by atoms with Crippen LogP contribution >= 0.6 is 0 Å². The number of hydrogen-bond acceptors (Lipinski definition) is 3. The minimum atomic E-state index is -3.17. The second-order valence-corrected chi connectivity index (χ2v) is 6.91. The number of rotatable bonds is 4. The highest BCUT2D eigenvalue weighted by molar-refractivity contribution is 7.89. The highest BCUT2D eigenvalue weighted by Crippen LogP contribution is 2.30. The normalized spacial score (nSPS) is 25.4. The Morgan fingerprint density at radius 2 is 2.00 bits per heavy atom. The molecule has 0 amide bonds. The van der Waals surface area contributed by atoms with Crippen LogP contribution in [-0.2, 0) is 14.8 Å². The van der Waals surface area contributed by atoms with Crippen molar-refractivity contribution >= 4 is 10.0 Å². The zero-order valence-electron chi connectivity index (χ0n) is 11.5. The maximum absolute atomic E-state index is 12.2. The standard InChI is InChI=1S/C14H21NO3S/c1-3-11-19(16,17)15-9-10-18-14(12(15)2)13-7-5-4-6-8-13/h4-8,12,14H,3,9-11H2,1-2H3. The van der Waals surface area contributed by atoms with E-state index in [1.807, 2.05) is 44.2 Å². The lowest BCUT2D eigenvalue weighted by Gasteiger charge is -2.38. The Kier molecular flexibility index (Phi) is 4.60. The monoisotopic (exact) mass is 283 g/mol. The summed E-state index contributed by atoms with van der Waals surface area (Å²) < 4.78 is 31.9. The minimum Gasteiger partial charge on any atom is -0.370 e. The lowest BCUT2D eigenvalue weighted by Crippen LogP contribution is -2.49. The van der Waals surface area contributed by atoms with Crippen LogP contribution in [-0.4, -0.2) is 37.7 Å². The van der Waals surface area contributed by atoms with Gasteiger partial charge in [0, 0.05) is 6.54 Å². The topological polar surface area (TPSA) is 46.6 Å². The zero-order valence-corrected chi connectivity index (χ0v) is 12.3. The molecule has 1 aliphatic rings. The quantitative estimate of drug-likeness (QED) is 0.851. The first-order valence-corrected chi connectivity index (χ1v) is 8.33. The van der Waals surface area contributed by atoms with Crippen molar-refractivity contribution in [3.8, 4) is 0 Å². The van der Waals surface area contributed by atoms with Crippen molar-refractivity contribution < 1.29 is 13.2 Å². The van der Waals surface area contributed by atoms with Crippen molar-refractivity contribution in [3.63, 3.8) is 0 Å². The van der Waals surface area contributed by atoms with Gasteiger partial charge in [-0.1, -0.05) is 37.3 Å². The molecular formula is C14H21NO3S. The van der Waals surface area contributed by atoms with Gasteiger partial charge in [0.05, 0.1) is 24.5 Å². The van der Waals surface area contributed by atoms with Gasteiger partial charge in [-0.05, 0) is 18.9 Å². The summed E-state index contributed by atoms with van der Waals surface area (Å²) in [5, 5.41) is 0. The van der Waals surface area contributed by atoms with Crippen LogP contribution in [0.15, 0.2) is 30.3 Å². The van der Waals surface area contributed by atoms with E-state index in [9.17, 15) is 8.42 Å². The Bertz CT molecular complexity index is 501. The molecule has 0 saturated carbocycles. The number of nitrogens with zero attached hydrogens (tertiary/aromatic N) is 1. The number of ether oxygens (including phenoxy) is 1. The number of hydrogen-bond donors (Lipinski definition) is 0. The van der Waals surface area contributed by atoms with Crippen molar-refractivity contribution in [1.82, 2.24) is 4.31 Å². The predicted molar refractivity (Wildman–Crippen MR) is 75.4 cm³/mol. The van der Waals surface area contributed by atoms with Crippen molar-refractivity contribution in [3.05, 3.63) is 35.9 Å². The predicted octanol–water partition coefficient (Wildman–Crippen LogP) is 2.19. The van der Waals surface area contributed by atoms with Gasteiger partial charge in [0.2, 0.25) is 10.0 Å². The molecule has 0 radical (unpaired) electrons. The molecule has 0 aromatic heterocycles. The summed E-state index contributed by atoms with van der Waals surface area (Å²) >= 11 is 0. The summed E-state index contributed by atoms with van der Waals surface area (Å²) in [4.78, 5) is 0. The van der Waals surface area contributed by atoms with Gasteiger partial charge in [-0.3, -0.25) is 0 Å². The molecule has 2 unspecified atom stereocenters. The van der Waals surface area contributed by atoms with Crippen LogP contribution in [0, 0.1) is 0 Å². The Hall–Kier alpha value is -0.910. The average molecular weight is 283 g/mol. The molecule has 1 heterocycles. The fourth-order valence-electron chi connectivity index (χ4n) is 2.55. The molecule has 1 aliphatic heterocycles. The van der Waals surface area contributed by atoms with E-state index in [-0.39, 0.29) is 17.9 Å². The van der Waals surface area contributed by atoms with Gasteiger partial charge in [-0.15, -0.1) is 0 Å². The summed E-state index contributed by atoms with van der Waals surface area (Å²) in [6, 6.07) is 9.65. The van der Waals surface area contributed by atoms with E-state index in [4.69, 9.17) is 4.74 Å². The van der Waals surface area contributed by atoms with Crippen molar-refractivity contribution in [2.45, 2.75) is 32.4 Å². The van der Waals surface area contributed by atoms with Crippen LogP contribution < -0.4 is 0 Å². The van der Waals surface area contributed by atoms with E-state index in [2.05, 4.69) is 0 Å². The van der Waals surface area contributed by atoms with Crippen LogP contribution in [0.4, 0.5) is 0 Å². The van der Waals surface area contributed by atoms with Gasteiger partial charge in [0.1, 0.15) is 0 Å². The molecule has 5 heteroatoms. The molecule has 4 nitrogen and oxygen atoms in total. The van der Waals surface area contributed by atoms with E-state index in [1.165, 1.54) is 0 Å². The molecule has 0 spiro atoms. The largest absolute Gasteiger partial charge is 0.370 e. The Balaban J connectivity index is 2.22. The molecule has 106 valence electrons. The fourth-order valence-corrected chi connectivity index (χ4v) is 4.27. The second kappa shape index (κ2) is 6.03. The first-order chi connectivity index (χ1) is 9.06. The molecule has 0 N–H and O–H groups in total. The fraction of sp³-hybridized carbons (Fsp3) is 0.571. The number of morpholine rings is 1. The highest BCUT2D eigenvalue weighted by atomic mass is 32.2. The van der Waals surface area contributed by atoms with Crippen LogP contribution in [0.1, 0.15) is 31.9 Å². The Morgan fingerprint density at radius 1 is 1.32 bits per heavy atom. The van der Waals surface area contributed by atoms with Crippen LogP contribution in [0.5, 0.6) is 0 Å². The molecule has 2 rings (SSSR count). The van der Waals surface area contributed by atoms with E-state index >= 15 is 0 Å². The number of benzene rings is 1. The van der Waals surface area contributed by atoms with Gasteiger partial charge in [-0.2, -0.15) is 4.31 Å². The third-order valence-corrected chi connectivity index (χ3v) is 5.60. The average Bonchev–Trinajstić information content (AvgIpc) is 2.39. The maximum atomic E-state index is 12.2. The SMILES string of the molecule is CCCS(=O)(=O)N1CCOC(c2ccccc2)C1C. The summed E-state index contributed by atoms with van der Waals surface area (Å²) in [5.41, 5.74) is 1.03. The summed E-state index contributed by atoms with van der Waals surface area (Å²) in [6.07, 6.45) is 0.462. The smallest absolute Gasteiger partial charge is 0.214 e. The molecule has 0 aliphatic carbocycles. The zero-order chi connectivity index (χ0) is 13.9. The number of sulfonamides is 1. The van der Waals surface area contributed by atoms with Crippen LogP contribution in [0.3, 0.4) is 0 Å². The van der Waals surface area contributed by atoms with Crippen LogP contribution in [0.25, 0.3) is 0 Å². The van der Waals surface area contributed by atoms with Gasteiger partial charge in [-0.25, -0.2) is 8.42 Å². The molecule has 0 bridgehead atoms. The van der Waals surface area contributed by atoms with E-state index in [0.29, 0.717) is 19.6 Å². The van der Waals surface area contributed by atoms with Gasteiger partial charge < -0.3 is 4.74 Å². The third-order valence-electron chi connectivity index (χ3n) is 3.45. The lowest BCUT2D eigenvalue weighted by atomic mass is 10.0. The first kappa shape index (κ1) is 14.5. The summed E-state index contributed by atoms with van der Waals surface area (Å²) in [5.74, 6) is 0.207. The lowest BCUT2D eigenvalue weighted by molar-refractivity contribution is -0.0361. The molecule has 1 fully saturated rings. The van der Waals surface area contributed by atoms with Crippen molar-refractivity contribution in [2.75, 3.05) is 18.9 Å². The van der Waals surface area contributed by atoms with Gasteiger partial charge in [0.15, 0.2) is 0 Å². The Labute approximate surface area is 115 Å². The maximum Gasteiger partial charge on any atom is 0.214 e. The highest BCUT2D eigenvalue weighted by Gasteiger charge is 2.36. The molecule has 19 heavy (non-hydrogen) atoms. The van der Waals surface area contributed by atoms with E-state index < -0.39 is 10.0 Å². The first-order valence-electron chi connectivity index (χ1n) is 6.72. The second-order valence-electron chi connectivity index (χ2n) is 4.87. The molecule has 1 saturated heterocycles. The molecule has 1 aromatic rings. The summed E-state index contributed by atoms with van der Waals surface area (Å²) in [6.45, 7) is 4.71. The Morgan fingerprint density at radius 3 is 2.63 bits per heavy atom. The van der Waals surface area contributed by atoms with E-state index in [1.54, 1.807) is 4.31 Å². The molecular weight excluding hydrogens is 262 g/mol. The van der Waals surface area contributed by atoms with Crippen molar-refractivity contribution in [1.29, 1.82) is 0 Å². The van der Waals surface area contributed by atoms with Gasteiger partial charge >= 0.3 is 0 Å². The molecule has 2 atom stereocenters.